The van der Waals surface area contributed by atoms with Gasteiger partial charge in [-0.15, -0.1) is 0 Å². The van der Waals surface area contributed by atoms with Gasteiger partial charge in [0.2, 0.25) is 0 Å². The van der Waals surface area contributed by atoms with Crippen molar-refractivity contribution in [2.24, 2.45) is 10.7 Å². The van der Waals surface area contributed by atoms with Crippen LogP contribution in [0.5, 0.6) is 0 Å². The van der Waals surface area contributed by atoms with Gasteiger partial charge < -0.3 is 5.73 Å². The molecule has 0 aliphatic heterocycles. The smallest absolute Gasteiger partial charge is 0.0452 e. The van der Waals surface area contributed by atoms with Crippen LogP contribution in [-0.2, 0) is 0 Å². The fraction of sp³-hybridized carbons (Fsp3) is 0.400. The lowest BCUT2D eigenvalue weighted by Gasteiger charge is -1.82. The molecular formula is C5H10N2. The van der Waals surface area contributed by atoms with E-state index in [1.807, 2.05) is 6.92 Å². The normalized spacial score (nSPS) is 13.1. The second kappa shape index (κ2) is 3.40. The molecule has 0 radical (unpaired) electrons. The number of nitrogens with zero attached hydrogens (tertiary/aromatic N) is 1. The summed E-state index contributed by atoms with van der Waals surface area (Å²) in [7, 11) is 1.69. The van der Waals surface area contributed by atoms with E-state index in [4.69, 9.17) is 5.73 Å². The van der Waals surface area contributed by atoms with Gasteiger partial charge >= 0.3 is 0 Å². The summed E-state index contributed by atoms with van der Waals surface area (Å²) in [6.07, 6.45) is 3.41. The number of aliphatic imine (C=N–C) groups is 1. The minimum Gasteiger partial charge on any atom is -0.398 e. The first-order valence-corrected chi connectivity index (χ1v) is 2.15. The molecule has 0 fully saturated rings. The van der Waals surface area contributed by atoms with Crippen LogP contribution < -0.4 is 5.73 Å². The maximum absolute atomic E-state index is 5.30. The van der Waals surface area contributed by atoms with E-state index < -0.39 is 0 Å². The second-order valence-corrected chi connectivity index (χ2v) is 1.18. The van der Waals surface area contributed by atoms with Crippen molar-refractivity contribution < 1.29 is 0 Å². The number of rotatable bonds is 1. The van der Waals surface area contributed by atoms with E-state index in [1.54, 1.807) is 19.3 Å². The lowest BCUT2D eigenvalue weighted by Crippen LogP contribution is -1.95. The first kappa shape index (κ1) is 6.21. The Bertz CT molecular complexity index is 92.3. The van der Waals surface area contributed by atoms with Crippen molar-refractivity contribution in [1.29, 1.82) is 0 Å². The number of nitrogens with two attached hydrogens (primary N) is 1. The predicted octanol–water partition coefficient (Wildman–Crippen LogP) is 0.550. The Morgan fingerprint density at radius 2 is 2.29 bits per heavy atom. The topological polar surface area (TPSA) is 38.4 Å². The van der Waals surface area contributed by atoms with E-state index in [1.165, 1.54) is 0 Å². The van der Waals surface area contributed by atoms with Crippen LogP contribution in [0.25, 0.3) is 0 Å². The Morgan fingerprint density at radius 1 is 1.71 bits per heavy atom. The minimum atomic E-state index is 0.711. The average Bonchev–Trinajstić information content (AvgIpc) is 1.68. The molecular weight excluding hydrogens is 88.1 g/mol. The van der Waals surface area contributed by atoms with Crippen LogP contribution in [0.1, 0.15) is 6.92 Å². The summed E-state index contributed by atoms with van der Waals surface area (Å²) in [6.45, 7) is 1.87. The highest BCUT2D eigenvalue weighted by Gasteiger charge is 1.71. The van der Waals surface area contributed by atoms with Crippen molar-refractivity contribution in [2.45, 2.75) is 6.92 Å². The average molecular weight is 98.1 g/mol. The maximum Gasteiger partial charge on any atom is 0.0452 e. The minimum absolute atomic E-state index is 0.711. The van der Waals surface area contributed by atoms with Gasteiger partial charge in [-0.1, -0.05) is 6.08 Å². The summed E-state index contributed by atoms with van der Waals surface area (Å²) in [5.74, 6) is 0. The third kappa shape index (κ3) is 3.03. The largest absolute Gasteiger partial charge is 0.398 e. The molecule has 0 unspecified atom stereocenters. The lowest BCUT2D eigenvalue weighted by atomic mass is 10.5. The molecule has 40 valence electrons. The second-order valence-electron chi connectivity index (χ2n) is 1.18. The molecule has 0 aromatic rings. The Kier molecular flexibility index (Phi) is 3.02. The van der Waals surface area contributed by atoms with Gasteiger partial charge in [-0.2, -0.15) is 0 Å². The van der Waals surface area contributed by atoms with E-state index in [0.29, 0.717) is 5.70 Å². The highest BCUT2D eigenvalue weighted by Crippen LogP contribution is 1.72. The van der Waals surface area contributed by atoms with Crippen molar-refractivity contribution >= 4 is 6.21 Å². The SMILES string of the molecule is C/C=C(/N)C=NC. The van der Waals surface area contributed by atoms with Crippen LogP contribution in [-0.4, -0.2) is 13.3 Å². The van der Waals surface area contributed by atoms with E-state index in [9.17, 15) is 0 Å². The molecule has 0 atom stereocenters. The number of hydrogen-bond donors (Lipinski definition) is 1. The maximum atomic E-state index is 5.30. The zero-order chi connectivity index (χ0) is 5.70. The Hall–Kier alpha value is -0.790. The van der Waals surface area contributed by atoms with Crippen LogP contribution in [0.4, 0.5) is 0 Å². The first-order valence-electron chi connectivity index (χ1n) is 2.15. The van der Waals surface area contributed by atoms with Crippen LogP contribution in [0.2, 0.25) is 0 Å². The first-order chi connectivity index (χ1) is 3.31. The molecule has 0 saturated carbocycles. The summed E-state index contributed by atoms with van der Waals surface area (Å²) in [5.41, 5.74) is 6.01. The molecule has 0 aromatic heterocycles. The van der Waals surface area contributed by atoms with Crippen LogP contribution in [0, 0.1) is 0 Å². The van der Waals surface area contributed by atoms with Gasteiger partial charge in [-0.3, -0.25) is 4.99 Å². The molecule has 7 heavy (non-hydrogen) atoms. The summed E-state index contributed by atoms with van der Waals surface area (Å²) in [5, 5.41) is 0. The third-order valence-corrected chi connectivity index (χ3v) is 0.612. The summed E-state index contributed by atoms with van der Waals surface area (Å²) in [6, 6.07) is 0. The highest BCUT2D eigenvalue weighted by atomic mass is 14.7. The fourth-order valence-corrected chi connectivity index (χ4v) is 0.224. The lowest BCUT2D eigenvalue weighted by molar-refractivity contribution is 1.40. The molecule has 0 aliphatic rings. The summed E-state index contributed by atoms with van der Waals surface area (Å²) in [4.78, 5) is 3.69. The van der Waals surface area contributed by atoms with Gasteiger partial charge in [0, 0.05) is 19.0 Å². The van der Waals surface area contributed by atoms with Crippen LogP contribution in [0.15, 0.2) is 16.8 Å². The Balaban J connectivity index is 3.58. The molecule has 0 aliphatic carbocycles. The molecule has 0 spiro atoms. The standard InChI is InChI=1S/C5H10N2/c1-3-5(6)4-7-2/h3-4H,6H2,1-2H3/b5-3+,7-4?. The summed E-state index contributed by atoms with van der Waals surface area (Å²) < 4.78 is 0. The van der Waals surface area contributed by atoms with Gasteiger partial charge in [0.05, 0.1) is 0 Å². The predicted molar refractivity (Wildman–Crippen MR) is 32.4 cm³/mol. The molecule has 0 rings (SSSR count). The van der Waals surface area contributed by atoms with Crippen molar-refractivity contribution in [2.75, 3.05) is 7.05 Å². The zero-order valence-electron chi connectivity index (χ0n) is 4.68. The van der Waals surface area contributed by atoms with Crippen LogP contribution >= 0.6 is 0 Å². The number of allylic oxidation sites excluding steroid dienone is 2. The Labute approximate surface area is 43.7 Å². The monoisotopic (exact) mass is 98.1 g/mol. The molecule has 2 nitrogen and oxygen atoms in total. The molecule has 0 bridgehead atoms. The van der Waals surface area contributed by atoms with Crippen molar-refractivity contribution in [3.8, 4) is 0 Å². The Morgan fingerprint density at radius 3 is 2.43 bits per heavy atom. The van der Waals surface area contributed by atoms with Gasteiger partial charge in [0.25, 0.3) is 0 Å². The van der Waals surface area contributed by atoms with Crippen LogP contribution in [0.3, 0.4) is 0 Å². The third-order valence-electron chi connectivity index (χ3n) is 0.612. The molecule has 0 aromatic carbocycles. The van der Waals surface area contributed by atoms with Gasteiger partial charge in [-0.05, 0) is 6.92 Å². The van der Waals surface area contributed by atoms with E-state index in [0.717, 1.165) is 0 Å². The van der Waals surface area contributed by atoms with E-state index in [2.05, 4.69) is 4.99 Å². The highest BCUT2D eigenvalue weighted by molar-refractivity contribution is 5.76. The summed E-state index contributed by atoms with van der Waals surface area (Å²) >= 11 is 0. The molecule has 2 heteroatoms. The molecule has 0 saturated heterocycles. The van der Waals surface area contributed by atoms with Gasteiger partial charge in [-0.25, -0.2) is 0 Å². The fourth-order valence-electron chi connectivity index (χ4n) is 0.224. The van der Waals surface area contributed by atoms with Gasteiger partial charge in [0.15, 0.2) is 0 Å². The number of hydrogen-bond acceptors (Lipinski definition) is 2. The van der Waals surface area contributed by atoms with Crippen molar-refractivity contribution in [3.63, 3.8) is 0 Å². The van der Waals surface area contributed by atoms with Crippen molar-refractivity contribution in [3.05, 3.63) is 11.8 Å². The molecule has 0 heterocycles. The zero-order valence-corrected chi connectivity index (χ0v) is 4.68. The quantitative estimate of drug-likeness (QED) is 0.478. The van der Waals surface area contributed by atoms with E-state index in [-0.39, 0.29) is 0 Å². The molecule has 2 N–H and O–H groups in total. The van der Waals surface area contributed by atoms with Crippen molar-refractivity contribution in [1.82, 2.24) is 0 Å². The molecule has 0 amide bonds. The van der Waals surface area contributed by atoms with E-state index >= 15 is 0 Å². The van der Waals surface area contributed by atoms with Gasteiger partial charge in [0.1, 0.15) is 0 Å².